The van der Waals surface area contributed by atoms with Gasteiger partial charge in [0.2, 0.25) is 0 Å². The normalized spacial score (nSPS) is 15.1. The van der Waals surface area contributed by atoms with Gasteiger partial charge in [-0.1, -0.05) is 29.3 Å². The monoisotopic (exact) mass is 574 g/mol. The van der Waals surface area contributed by atoms with E-state index >= 15 is 0 Å². The fourth-order valence-corrected chi connectivity index (χ4v) is 3.93. The zero-order valence-corrected chi connectivity index (χ0v) is 23.5. The van der Waals surface area contributed by atoms with Crippen molar-refractivity contribution in [3.8, 4) is 0 Å². The third kappa shape index (κ3) is 11.9. The molecule has 1 aromatic rings. The summed E-state index contributed by atoms with van der Waals surface area (Å²) in [5, 5.41) is 6.28. The number of alkyl carbamates (subject to hydrolysis) is 1. The SMILES string of the molecule is CN=C(NCCc1cc(C)cc(C)c1)N1CCC(OCCCNC(=O)OC(C)(C)C)CC1.I. The largest absolute Gasteiger partial charge is 0.444 e. The molecule has 2 rings (SSSR count). The van der Waals surface area contributed by atoms with Crippen LogP contribution in [0.15, 0.2) is 23.2 Å². The first kappa shape index (κ1) is 29.5. The van der Waals surface area contributed by atoms with Crippen LogP contribution in [0.4, 0.5) is 4.79 Å². The van der Waals surface area contributed by atoms with Gasteiger partial charge in [0, 0.05) is 39.8 Å². The third-order valence-electron chi connectivity index (χ3n) is 5.27. The van der Waals surface area contributed by atoms with E-state index in [0.717, 1.165) is 51.3 Å². The Morgan fingerprint density at radius 2 is 1.73 bits per heavy atom. The van der Waals surface area contributed by atoms with Crippen LogP contribution in [0.25, 0.3) is 0 Å². The summed E-state index contributed by atoms with van der Waals surface area (Å²) in [6.45, 7) is 13.8. The lowest BCUT2D eigenvalue weighted by Crippen LogP contribution is -2.47. The number of likely N-dealkylation sites (tertiary alicyclic amines) is 1. The molecule has 188 valence electrons. The highest BCUT2D eigenvalue weighted by Gasteiger charge is 2.22. The molecule has 1 fully saturated rings. The molecular formula is C25H43IN4O3. The van der Waals surface area contributed by atoms with Crippen LogP contribution >= 0.6 is 24.0 Å². The lowest BCUT2D eigenvalue weighted by molar-refractivity contribution is 0.0170. The van der Waals surface area contributed by atoms with E-state index in [0.29, 0.717) is 13.2 Å². The maximum Gasteiger partial charge on any atom is 0.407 e. The molecule has 0 aliphatic carbocycles. The van der Waals surface area contributed by atoms with Gasteiger partial charge in [-0.15, -0.1) is 24.0 Å². The zero-order valence-electron chi connectivity index (χ0n) is 21.2. The lowest BCUT2D eigenvalue weighted by atomic mass is 10.1. The number of carbonyl (C=O) groups is 1. The van der Waals surface area contributed by atoms with E-state index in [1.165, 1.54) is 16.7 Å². The van der Waals surface area contributed by atoms with Crippen molar-refractivity contribution in [2.24, 2.45) is 4.99 Å². The number of halogens is 1. The Labute approximate surface area is 217 Å². The number of carbonyl (C=O) groups excluding carboxylic acids is 1. The van der Waals surface area contributed by atoms with Crippen LogP contribution in [-0.2, 0) is 15.9 Å². The van der Waals surface area contributed by atoms with Crippen molar-refractivity contribution >= 4 is 36.0 Å². The predicted octanol–water partition coefficient (Wildman–Crippen LogP) is 4.44. The number of amides is 1. The van der Waals surface area contributed by atoms with Crippen LogP contribution in [0.1, 0.15) is 56.7 Å². The Balaban J connectivity index is 0.00000544. The molecule has 1 amide bonds. The second kappa shape index (κ2) is 14.7. The number of rotatable bonds is 8. The topological polar surface area (TPSA) is 75.2 Å². The molecule has 8 heteroatoms. The number of nitrogens with zero attached hydrogens (tertiary/aromatic N) is 2. The molecule has 0 radical (unpaired) electrons. The highest BCUT2D eigenvalue weighted by atomic mass is 127. The molecule has 0 bridgehead atoms. The minimum atomic E-state index is -0.469. The molecule has 0 unspecified atom stereocenters. The van der Waals surface area contributed by atoms with E-state index in [9.17, 15) is 4.79 Å². The molecule has 0 atom stereocenters. The highest BCUT2D eigenvalue weighted by molar-refractivity contribution is 14.0. The summed E-state index contributed by atoms with van der Waals surface area (Å²) >= 11 is 0. The van der Waals surface area contributed by atoms with Gasteiger partial charge in [0.15, 0.2) is 5.96 Å². The van der Waals surface area contributed by atoms with Gasteiger partial charge in [0.05, 0.1) is 6.10 Å². The van der Waals surface area contributed by atoms with E-state index in [2.05, 4.69) is 52.6 Å². The van der Waals surface area contributed by atoms with Crippen LogP contribution in [0.5, 0.6) is 0 Å². The summed E-state index contributed by atoms with van der Waals surface area (Å²) < 4.78 is 11.2. The number of benzene rings is 1. The summed E-state index contributed by atoms with van der Waals surface area (Å²) in [7, 11) is 1.85. The van der Waals surface area contributed by atoms with Crippen molar-refractivity contribution in [3.05, 3.63) is 34.9 Å². The second-order valence-electron chi connectivity index (χ2n) is 9.56. The smallest absolute Gasteiger partial charge is 0.407 e. The first-order valence-electron chi connectivity index (χ1n) is 11.8. The van der Waals surface area contributed by atoms with Crippen LogP contribution in [-0.4, -0.2) is 68.5 Å². The molecule has 1 aliphatic heterocycles. The maximum atomic E-state index is 11.6. The van der Waals surface area contributed by atoms with Crippen molar-refractivity contribution in [2.45, 2.75) is 72.0 Å². The molecule has 7 nitrogen and oxygen atoms in total. The Kier molecular flexibility index (Phi) is 13.1. The van der Waals surface area contributed by atoms with E-state index in [1.54, 1.807) is 0 Å². The highest BCUT2D eigenvalue weighted by Crippen LogP contribution is 2.14. The van der Waals surface area contributed by atoms with Crippen molar-refractivity contribution in [1.29, 1.82) is 0 Å². The molecule has 1 saturated heterocycles. The quantitative estimate of drug-likeness (QED) is 0.208. The van der Waals surface area contributed by atoms with Crippen LogP contribution < -0.4 is 10.6 Å². The van der Waals surface area contributed by atoms with Crippen molar-refractivity contribution < 1.29 is 14.3 Å². The van der Waals surface area contributed by atoms with Gasteiger partial charge in [0.1, 0.15) is 5.60 Å². The number of aryl methyl sites for hydroxylation is 2. The average Bonchev–Trinajstić information content (AvgIpc) is 2.69. The van der Waals surface area contributed by atoms with E-state index in [4.69, 9.17) is 9.47 Å². The van der Waals surface area contributed by atoms with Crippen LogP contribution in [0.2, 0.25) is 0 Å². The van der Waals surface area contributed by atoms with Gasteiger partial charge in [-0.2, -0.15) is 0 Å². The lowest BCUT2D eigenvalue weighted by Gasteiger charge is -2.34. The van der Waals surface area contributed by atoms with Gasteiger partial charge in [-0.3, -0.25) is 4.99 Å². The third-order valence-corrected chi connectivity index (χ3v) is 5.27. The zero-order chi connectivity index (χ0) is 23.6. The van der Waals surface area contributed by atoms with Gasteiger partial charge >= 0.3 is 6.09 Å². The molecule has 1 aromatic carbocycles. The van der Waals surface area contributed by atoms with Gasteiger partial charge < -0.3 is 25.0 Å². The van der Waals surface area contributed by atoms with Gasteiger partial charge in [-0.25, -0.2) is 4.79 Å². The predicted molar refractivity (Wildman–Crippen MR) is 146 cm³/mol. The minimum absolute atomic E-state index is 0. The fourth-order valence-electron chi connectivity index (χ4n) is 3.93. The van der Waals surface area contributed by atoms with Gasteiger partial charge in [0.25, 0.3) is 0 Å². The number of hydrogen-bond acceptors (Lipinski definition) is 4. The van der Waals surface area contributed by atoms with E-state index in [1.807, 2.05) is 27.8 Å². The number of piperidine rings is 1. The van der Waals surface area contributed by atoms with Crippen molar-refractivity contribution in [1.82, 2.24) is 15.5 Å². The number of hydrogen-bond donors (Lipinski definition) is 2. The summed E-state index contributed by atoms with van der Waals surface area (Å²) in [5.74, 6) is 0.967. The molecule has 0 saturated carbocycles. The Bertz CT molecular complexity index is 736. The fraction of sp³-hybridized carbons (Fsp3) is 0.680. The van der Waals surface area contributed by atoms with Crippen LogP contribution in [0.3, 0.4) is 0 Å². The van der Waals surface area contributed by atoms with Crippen molar-refractivity contribution in [2.75, 3.05) is 39.8 Å². The molecule has 33 heavy (non-hydrogen) atoms. The van der Waals surface area contributed by atoms with E-state index in [-0.39, 0.29) is 36.2 Å². The Hall–Kier alpha value is -1.55. The molecule has 0 aromatic heterocycles. The number of aliphatic imine (C=N–C) groups is 1. The average molecular weight is 575 g/mol. The summed E-state index contributed by atoms with van der Waals surface area (Å²) in [4.78, 5) is 18.4. The summed E-state index contributed by atoms with van der Waals surface area (Å²) in [6, 6.07) is 6.71. The second-order valence-corrected chi connectivity index (χ2v) is 9.56. The standard InChI is InChI=1S/C25H42N4O3.HI/c1-19-16-20(2)18-21(17-19)8-12-27-23(26-6)29-13-9-22(10-14-29)31-15-7-11-28-24(30)32-25(3,4)5;/h16-18,22H,7-15H2,1-6H3,(H,26,27)(H,28,30);1H. The molecule has 1 aliphatic rings. The maximum absolute atomic E-state index is 11.6. The number of nitrogens with one attached hydrogen (secondary N) is 2. The number of ether oxygens (including phenoxy) is 2. The van der Waals surface area contributed by atoms with E-state index < -0.39 is 5.60 Å². The summed E-state index contributed by atoms with van der Waals surface area (Å²) in [6.07, 6.45) is 3.62. The molecule has 2 N–H and O–H groups in total. The first-order valence-corrected chi connectivity index (χ1v) is 11.8. The number of guanidine groups is 1. The Morgan fingerprint density at radius 3 is 2.30 bits per heavy atom. The van der Waals surface area contributed by atoms with Crippen molar-refractivity contribution in [3.63, 3.8) is 0 Å². The molecule has 0 spiro atoms. The van der Waals surface area contributed by atoms with Crippen LogP contribution in [0, 0.1) is 13.8 Å². The van der Waals surface area contributed by atoms with Gasteiger partial charge in [-0.05, 0) is 65.9 Å². The molecule has 1 heterocycles. The molecular weight excluding hydrogens is 531 g/mol. The minimum Gasteiger partial charge on any atom is -0.444 e. The first-order chi connectivity index (χ1) is 15.2. The summed E-state index contributed by atoms with van der Waals surface area (Å²) in [5.41, 5.74) is 3.52. The Morgan fingerprint density at radius 1 is 1.09 bits per heavy atom.